The molecule has 1 amide bonds. The second kappa shape index (κ2) is 6.79. The summed E-state index contributed by atoms with van der Waals surface area (Å²) in [4.78, 5) is 27.2. The van der Waals surface area contributed by atoms with Gasteiger partial charge >= 0.3 is 0 Å². The Morgan fingerprint density at radius 1 is 1.46 bits per heavy atom. The fourth-order valence-electron chi connectivity index (χ4n) is 2.43. The zero-order valence-corrected chi connectivity index (χ0v) is 13.8. The Labute approximate surface area is 142 Å². The van der Waals surface area contributed by atoms with E-state index in [4.69, 9.17) is 0 Å². The van der Waals surface area contributed by atoms with Crippen LogP contribution in [0.25, 0.3) is 10.1 Å². The quantitative estimate of drug-likeness (QED) is 0.549. The predicted molar refractivity (Wildman–Crippen MR) is 92.2 cm³/mol. The second-order valence-electron chi connectivity index (χ2n) is 5.66. The number of carbonyl (C=O) groups is 1. The smallest absolute Gasteiger partial charge is 0.270 e. The Bertz CT molecular complexity index is 873. The van der Waals surface area contributed by atoms with E-state index < -0.39 is 4.92 Å². The molecule has 0 fully saturated rings. The van der Waals surface area contributed by atoms with Crippen molar-refractivity contribution < 1.29 is 9.72 Å². The van der Waals surface area contributed by atoms with Crippen molar-refractivity contribution in [2.75, 3.05) is 6.54 Å². The number of nitrogens with one attached hydrogen (secondary N) is 1. The van der Waals surface area contributed by atoms with Gasteiger partial charge in [-0.2, -0.15) is 0 Å². The van der Waals surface area contributed by atoms with Crippen molar-refractivity contribution in [3.63, 3.8) is 0 Å². The van der Waals surface area contributed by atoms with Crippen molar-refractivity contribution in [3.05, 3.63) is 58.0 Å². The lowest BCUT2D eigenvalue weighted by molar-refractivity contribution is -0.384. The van der Waals surface area contributed by atoms with E-state index in [-0.39, 0.29) is 17.5 Å². The Hall–Kier alpha value is -2.74. The monoisotopic (exact) mass is 344 g/mol. The number of fused-ring (bicyclic) bond motifs is 1. The van der Waals surface area contributed by atoms with Crippen LogP contribution in [0.1, 0.15) is 16.6 Å². The van der Waals surface area contributed by atoms with E-state index in [1.165, 1.54) is 23.5 Å². The molecular formula is C16H16N4O3S. The zero-order valence-electron chi connectivity index (χ0n) is 13.0. The second-order valence-corrected chi connectivity index (χ2v) is 6.75. The summed E-state index contributed by atoms with van der Waals surface area (Å²) in [5.41, 5.74) is 0.0289. The molecule has 0 bridgehead atoms. The molecular weight excluding hydrogens is 328 g/mol. The number of benzene rings is 1. The molecule has 1 atom stereocenters. The number of aromatic nitrogens is 2. The van der Waals surface area contributed by atoms with Crippen LogP contribution < -0.4 is 5.32 Å². The van der Waals surface area contributed by atoms with Crippen molar-refractivity contribution in [2.24, 2.45) is 5.92 Å². The summed E-state index contributed by atoms with van der Waals surface area (Å²) >= 11 is 1.33. The highest BCUT2D eigenvalue weighted by Gasteiger charge is 2.14. The topological polar surface area (TPSA) is 90.1 Å². The van der Waals surface area contributed by atoms with Gasteiger partial charge < -0.3 is 9.88 Å². The fraction of sp³-hybridized carbons (Fsp3) is 0.250. The number of carbonyl (C=O) groups excluding carboxylic acids is 1. The van der Waals surface area contributed by atoms with E-state index >= 15 is 0 Å². The molecule has 0 unspecified atom stereocenters. The highest BCUT2D eigenvalue weighted by atomic mass is 32.1. The van der Waals surface area contributed by atoms with Gasteiger partial charge in [-0.1, -0.05) is 6.92 Å². The molecule has 0 saturated heterocycles. The minimum absolute atomic E-state index is 0.0289. The number of thiophene rings is 1. The van der Waals surface area contributed by atoms with Crippen molar-refractivity contribution in [2.45, 2.75) is 13.5 Å². The fourth-order valence-corrected chi connectivity index (χ4v) is 3.39. The maximum absolute atomic E-state index is 12.3. The number of rotatable bonds is 6. The Morgan fingerprint density at radius 3 is 3.00 bits per heavy atom. The molecule has 124 valence electrons. The van der Waals surface area contributed by atoms with Crippen LogP contribution in [0.4, 0.5) is 5.69 Å². The van der Waals surface area contributed by atoms with Crippen LogP contribution in [-0.4, -0.2) is 26.9 Å². The minimum atomic E-state index is -0.436. The van der Waals surface area contributed by atoms with Gasteiger partial charge in [0.05, 0.1) is 16.1 Å². The maximum Gasteiger partial charge on any atom is 0.270 e. The van der Waals surface area contributed by atoms with Gasteiger partial charge in [-0.25, -0.2) is 4.98 Å². The molecule has 0 radical (unpaired) electrons. The third-order valence-electron chi connectivity index (χ3n) is 3.63. The van der Waals surface area contributed by atoms with Crippen LogP contribution in [0.2, 0.25) is 0 Å². The molecule has 3 aromatic rings. The lowest BCUT2D eigenvalue weighted by atomic mass is 10.2. The van der Waals surface area contributed by atoms with Gasteiger partial charge in [0.1, 0.15) is 0 Å². The molecule has 2 heterocycles. The Balaban J connectivity index is 1.64. The summed E-state index contributed by atoms with van der Waals surface area (Å²) < 4.78 is 2.83. The maximum atomic E-state index is 12.3. The van der Waals surface area contributed by atoms with E-state index in [1.807, 2.05) is 10.8 Å². The molecule has 2 aromatic heterocycles. The third-order valence-corrected chi connectivity index (χ3v) is 4.74. The number of nitro groups is 1. The number of imidazole rings is 1. The normalized spacial score (nSPS) is 12.2. The number of nitro benzene ring substituents is 1. The zero-order chi connectivity index (χ0) is 17.1. The average molecular weight is 344 g/mol. The molecule has 0 spiro atoms. The first-order valence-electron chi connectivity index (χ1n) is 7.45. The van der Waals surface area contributed by atoms with Crippen LogP contribution in [0.3, 0.4) is 0 Å². The Kier molecular flexibility index (Phi) is 4.57. The summed E-state index contributed by atoms with van der Waals surface area (Å²) in [5.74, 6) is 0.106. The van der Waals surface area contributed by atoms with Gasteiger partial charge in [-0.05, 0) is 18.1 Å². The standard InChI is InChI=1S/C16H16N4O3S/c1-11(9-19-5-4-17-10-19)8-18-16(21)15-7-12-6-13(20(22)23)2-3-14(12)24-15/h2-7,10-11H,8-9H2,1H3,(H,18,21)/t11-/m1/s1. The first-order valence-corrected chi connectivity index (χ1v) is 8.26. The molecule has 0 aliphatic rings. The van der Waals surface area contributed by atoms with Crippen molar-refractivity contribution in [1.29, 1.82) is 0 Å². The molecule has 0 aliphatic heterocycles. The summed E-state index contributed by atoms with van der Waals surface area (Å²) in [6.07, 6.45) is 5.36. The van der Waals surface area contributed by atoms with E-state index in [1.54, 1.807) is 24.7 Å². The summed E-state index contributed by atoms with van der Waals surface area (Å²) in [6, 6.07) is 6.32. The van der Waals surface area contributed by atoms with Gasteiger partial charge in [-0.3, -0.25) is 14.9 Å². The molecule has 3 rings (SSSR count). The molecule has 24 heavy (non-hydrogen) atoms. The van der Waals surface area contributed by atoms with E-state index in [0.717, 1.165) is 11.2 Å². The van der Waals surface area contributed by atoms with Crippen LogP contribution in [0.5, 0.6) is 0 Å². The molecule has 0 saturated carbocycles. The number of hydrogen-bond acceptors (Lipinski definition) is 5. The number of non-ortho nitro benzene ring substituents is 1. The molecule has 1 N–H and O–H groups in total. The molecule has 1 aromatic carbocycles. The highest BCUT2D eigenvalue weighted by molar-refractivity contribution is 7.20. The lowest BCUT2D eigenvalue weighted by Crippen LogP contribution is -2.29. The SMILES string of the molecule is C[C@H](CNC(=O)c1cc2cc([N+](=O)[O-])ccc2s1)Cn1ccnc1. The van der Waals surface area contributed by atoms with E-state index in [9.17, 15) is 14.9 Å². The van der Waals surface area contributed by atoms with Crippen LogP contribution >= 0.6 is 11.3 Å². The number of hydrogen-bond donors (Lipinski definition) is 1. The van der Waals surface area contributed by atoms with Gasteiger partial charge in [0.2, 0.25) is 0 Å². The first kappa shape index (κ1) is 16.1. The summed E-state index contributed by atoms with van der Waals surface area (Å²) in [7, 11) is 0. The van der Waals surface area contributed by atoms with Crippen molar-refractivity contribution in [1.82, 2.24) is 14.9 Å². The van der Waals surface area contributed by atoms with Crippen LogP contribution in [0, 0.1) is 16.0 Å². The molecule has 0 aliphatic carbocycles. The predicted octanol–water partition coefficient (Wildman–Crippen LogP) is 3.07. The lowest BCUT2D eigenvalue weighted by Gasteiger charge is -2.12. The number of nitrogens with zero attached hydrogens (tertiary/aromatic N) is 3. The third kappa shape index (κ3) is 3.60. The van der Waals surface area contributed by atoms with Gasteiger partial charge in [0.25, 0.3) is 11.6 Å². The van der Waals surface area contributed by atoms with E-state index in [2.05, 4.69) is 17.2 Å². The van der Waals surface area contributed by atoms with Crippen LogP contribution in [0.15, 0.2) is 43.0 Å². The van der Waals surface area contributed by atoms with Gasteiger partial charge in [0, 0.05) is 47.7 Å². The Morgan fingerprint density at radius 2 is 2.29 bits per heavy atom. The summed E-state index contributed by atoms with van der Waals surface area (Å²) in [6.45, 7) is 3.37. The highest BCUT2D eigenvalue weighted by Crippen LogP contribution is 2.28. The average Bonchev–Trinajstić information content (AvgIpc) is 3.20. The van der Waals surface area contributed by atoms with Gasteiger partial charge in [-0.15, -0.1) is 11.3 Å². The minimum Gasteiger partial charge on any atom is -0.351 e. The summed E-state index contributed by atoms with van der Waals surface area (Å²) in [5, 5.41) is 14.4. The molecule has 7 nitrogen and oxygen atoms in total. The number of amides is 1. The van der Waals surface area contributed by atoms with E-state index in [0.29, 0.717) is 16.8 Å². The molecule has 8 heteroatoms. The van der Waals surface area contributed by atoms with Crippen molar-refractivity contribution in [3.8, 4) is 0 Å². The largest absolute Gasteiger partial charge is 0.351 e. The van der Waals surface area contributed by atoms with Crippen molar-refractivity contribution >= 4 is 33.0 Å². The van der Waals surface area contributed by atoms with Crippen LogP contribution in [-0.2, 0) is 6.54 Å². The first-order chi connectivity index (χ1) is 11.5. The van der Waals surface area contributed by atoms with Gasteiger partial charge in [0.15, 0.2) is 0 Å².